The largest absolute Gasteiger partial charge is 0.493 e. The maximum Gasteiger partial charge on any atom is 0.161 e. The summed E-state index contributed by atoms with van der Waals surface area (Å²) in [5.41, 5.74) is 2.17. The summed E-state index contributed by atoms with van der Waals surface area (Å²) in [5, 5.41) is 0. The van der Waals surface area contributed by atoms with E-state index < -0.39 is 0 Å². The van der Waals surface area contributed by atoms with Gasteiger partial charge in [0.2, 0.25) is 0 Å². The van der Waals surface area contributed by atoms with Gasteiger partial charge in [-0.05, 0) is 31.0 Å². The number of likely N-dealkylation sites (tertiary alicyclic amines) is 1. The van der Waals surface area contributed by atoms with Crippen molar-refractivity contribution in [3.05, 3.63) is 30.3 Å². The Hall–Kier alpha value is -1.64. The van der Waals surface area contributed by atoms with E-state index in [1.54, 1.807) is 14.2 Å². The summed E-state index contributed by atoms with van der Waals surface area (Å²) < 4.78 is 10.5. The fraction of sp³-hybridized carbons (Fsp3) is 0.429. The van der Waals surface area contributed by atoms with Crippen LogP contribution in [0.4, 0.5) is 0 Å². The summed E-state index contributed by atoms with van der Waals surface area (Å²) in [6.07, 6.45) is 2.51. The number of methoxy groups -OCH3 is 2. The van der Waals surface area contributed by atoms with E-state index in [2.05, 4.69) is 11.5 Å². The summed E-state index contributed by atoms with van der Waals surface area (Å²) in [6, 6.07) is 5.94. The third kappa shape index (κ3) is 2.38. The molecule has 0 bridgehead atoms. The molecule has 1 aromatic rings. The van der Waals surface area contributed by atoms with Crippen LogP contribution in [-0.4, -0.2) is 32.2 Å². The van der Waals surface area contributed by atoms with Gasteiger partial charge in [-0.2, -0.15) is 0 Å². The summed E-state index contributed by atoms with van der Waals surface area (Å²) in [5.74, 6) is 1.51. The van der Waals surface area contributed by atoms with Crippen LogP contribution >= 0.6 is 0 Å². The number of hydrogen-bond acceptors (Lipinski definition) is 3. The zero-order valence-corrected chi connectivity index (χ0v) is 10.5. The standard InChI is InChI=1S/C14H19NO2/c1-11(15-8-4-5-9-15)12-6-7-13(16-2)14(10-12)17-3/h6-7,10H,1,4-5,8-9H2,2-3H3. The van der Waals surface area contributed by atoms with Crippen molar-refractivity contribution in [3.8, 4) is 11.5 Å². The molecule has 1 aliphatic heterocycles. The zero-order valence-electron chi connectivity index (χ0n) is 10.5. The average molecular weight is 233 g/mol. The maximum atomic E-state index is 5.31. The third-order valence-electron chi connectivity index (χ3n) is 3.20. The van der Waals surface area contributed by atoms with Crippen molar-refractivity contribution in [2.24, 2.45) is 0 Å². The minimum absolute atomic E-state index is 0.755. The summed E-state index contributed by atoms with van der Waals surface area (Å²) in [4.78, 5) is 2.32. The molecular weight excluding hydrogens is 214 g/mol. The molecule has 2 rings (SSSR count). The molecule has 0 aliphatic carbocycles. The van der Waals surface area contributed by atoms with Crippen molar-refractivity contribution in [1.82, 2.24) is 4.90 Å². The summed E-state index contributed by atoms with van der Waals surface area (Å²) in [7, 11) is 3.30. The molecule has 0 radical (unpaired) electrons. The first-order valence-corrected chi connectivity index (χ1v) is 5.92. The maximum absolute atomic E-state index is 5.31. The lowest BCUT2D eigenvalue weighted by molar-refractivity contribution is 0.354. The summed E-state index contributed by atoms with van der Waals surface area (Å²) >= 11 is 0. The van der Waals surface area contributed by atoms with Crippen LogP contribution in [-0.2, 0) is 0 Å². The molecule has 3 nitrogen and oxygen atoms in total. The van der Waals surface area contributed by atoms with Gasteiger partial charge in [-0.3, -0.25) is 0 Å². The van der Waals surface area contributed by atoms with Crippen molar-refractivity contribution in [2.45, 2.75) is 12.8 Å². The van der Waals surface area contributed by atoms with E-state index in [0.29, 0.717) is 0 Å². The van der Waals surface area contributed by atoms with Gasteiger partial charge in [0.1, 0.15) is 0 Å². The Balaban J connectivity index is 2.23. The van der Waals surface area contributed by atoms with Gasteiger partial charge < -0.3 is 14.4 Å². The second kappa shape index (κ2) is 5.13. The topological polar surface area (TPSA) is 21.7 Å². The first kappa shape index (κ1) is 11.8. The van der Waals surface area contributed by atoms with Crippen molar-refractivity contribution < 1.29 is 9.47 Å². The van der Waals surface area contributed by atoms with Crippen molar-refractivity contribution in [3.63, 3.8) is 0 Å². The molecule has 0 atom stereocenters. The van der Waals surface area contributed by atoms with E-state index in [4.69, 9.17) is 9.47 Å². The molecule has 1 aliphatic rings. The minimum Gasteiger partial charge on any atom is -0.493 e. The molecule has 0 saturated carbocycles. The first-order chi connectivity index (χ1) is 8.26. The van der Waals surface area contributed by atoms with Gasteiger partial charge in [0.05, 0.1) is 14.2 Å². The van der Waals surface area contributed by atoms with Crippen molar-refractivity contribution >= 4 is 5.70 Å². The quantitative estimate of drug-likeness (QED) is 0.798. The molecular formula is C14H19NO2. The molecule has 1 fully saturated rings. The molecule has 0 spiro atoms. The molecule has 1 heterocycles. The van der Waals surface area contributed by atoms with Crippen molar-refractivity contribution in [1.29, 1.82) is 0 Å². The van der Waals surface area contributed by atoms with Crippen LogP contribution in [0.1, 0.15) is 18.4 Å². The van der Waals surface area contributed by atoms with E-state index in [0.717, 1.165) is 35.8 Å². The molecule has 92 valence electrons. The monoisotopic (exact) mass is 233 g/mol. The summed E-state index contributed by atoms with van der Waals surface area (Å²) in [6.45, 7) is 6.38. The zero-order chi connectivity index (χ0) is 12.3. The van der Waals surface area contributed by atoms with Gasteiger partial charge in [-0.15, -0.1) is 0 Å². The van der Waals surface area contributed by atoms with E-state index in [1.807, 2.05) is 18.2 Å². The highest BCUT2D eigenvalue weighted by Gasteiger charge is 2.15. The Kier molecular flexibility index (Phi) is 3.57. The fourth-order valence-electron chi connectivity index (χ4n) is 2.19. The minimum atomic E-state index is 0.755. The van der Waals surface area contributed by atoms with E-state index in [9.17, 15) is 0 Å². The lowest BCUT2D eigenvalue weighted by Gasteiger charge is -2.21. The average Bonchev–Trinajstić information content (AvgIpc) is 2.90. The van der Waals surface area contributed by atoms with E-state index in [-0.39, 0.29) is 0 Å². The normalized spacial score (nSPS) is 14.8. The lowest BCUT2D eigenvalue weighted by Crippen LogP contribution is -2.16. The van der Waals surface area contributed by atoms with Gasteiger partial charge in [0.25, 0.3) is 0 Å². The second-order valence-corrected chi connectivity index (χ2v) is 4.21. The van der Waals surface area contributed by atoms with Crippen LogP contribution in [0.3, 0.4) is 0 Å². The molecule has 1 aromatic carbocycles. The molecule has 0 unspecified atom stereocenters. The number of benzene rings is 1. The molecule has 0 aromatic heterocycles. The highest BCUT2D eigenvalue weighted by molar-refractivity contribution is 5.65. The van der Waals surface area contributed by atoms with Crippen LogP contribution in [0.25, 0.3) is 5.70 Å². The lowest BCUT2D eigenvalue weighted by atomic mass is 10.1. The predicted molar refractivity (Wildman–Crippen MR) is 69.4 cm³/mol. The number of rotatable bonds is 4. The molecule has 0 N–H and O–H groups in total. The number of nitrogens with zero attached hydrogens (tertiary/aromatic N) is 1. The predicted octanol–water partition coefficient (Wildman–Crippen LogP) is 2.77. The van der Waals surface area contributed by atoms with Gasteiger partial charge in [-0.25, -0.2) is 0 Å². The SMILES string of the molecule is C=C(c1ccc(OC)c(OC)c1)N1CCCC1. The van der Waals surface area contributed by atoms with Crippen LogP contribution in [0.5, 0.6) is 11.5 Å². The molecule has 3 heteroatoms. The van der Waals surface area contributed by atoms with E-state index >= 15 is 0 Å². The number of hydrogen-bond donors (Lipinski definition) is 0. The Bertz CT molecular complexity index is 409. The van der Waals surface area contributed by atoms with Crippen LogP contribution < -0.4 is 9.47 Å². The van der Waals surface area contributed by atoms with Crippen LogP contribution in [0, 0.1) is 0 Å². The molecule has 17 heavy (non-hydrogen) atoms. The molecule has 0 amide bonds. The van der Waals surface area contributed by atoms with Crippen LogP contribution in [0.2, 0.25) is 0 Å². The Morgan fingerprint density at radius 2 is 1.76 bits per heavy atom. The van der Waals surface area contributed by atoms with Crippen LogP contribution in [0.15, 0.2) is 24.8 Å². The first-order valence-electron chi connectivity index (χ1n) is 5.92. The second-order valence-electron chi connectivity index (χ2n) is 4.21. The van der Waals surface area contributed by atoms with Gasteiger partial charge >= 0.3 is 0 Å². The third-order valence-corrected chi connectivity index (χ3v) is 3.20. The van der Waals surface area contributed by atoms with Gasteiger partial charge in [0, 0.05) is 24.4 Å². The fourth-order valence-corrected chi connectivity index (χ4v) is 2.19. The van der Waals surface area contributed by atoms with Gasteiger partial charge in [0.15, 0.2) is 11.5 Å². The Labute approximate surface area is 103 Å². The highest BCUT2D eigenvalue weighted by Crippen LogP contribution is 2.31. The Morgan fingerprint density at radius 3 is 2.35 bits per heavy atom. The van der Waals surface area contributed by atoms with Gasteiger partial charge in [-0.1, -0.05) is 6.58 Å². The number of ether oxygens (including phenoxy) is 2. The van der Waals surface area contributed by atoms with Crippen molar-refractivity contribution in [2.75, 3.05) is 27.3 Å². The smallest absolute Gasteiger partial charge is 0.161 e. The Morgan fingerprint density at radius 1 is 1.12 bits per heavy atom. The highest BCUT2D eigenvalue weighted by atomic mass is 16.5. The van der Waals surface area contributed by atoms with E-state index in [1.165, 1.54) is 12.8 Å². The molecule has 1 saturated heterocycles.